The zero-order valence-corrected chi connectivity index (χ0v) is 17.7. The van der Waals surface area contributed by atoms with E-state index in [2.05, 4.69) is 22.1 Å². The van der Waals surface area contributed by atoms with Crippen LogP contribution in [0.25, 0.3) is 0 Å². The molecule has 0 aliphatic rings. The average Bonchev–Trinajstić information content (AvgIpc) is 2.91. The molecule has 1 aromatic heterocycles. The monoisotopic (exact) mass is 479 g/mol. The van der Waals surface area contributed by atoms with E-state index in [1.807, 2.05) is 31.3 Å². The lowest BCUT2D eigenvalue weighted by atomic mass is 10.1. The molecule has 7 heteroatoms. The molecular weight excluding hydrogens is 457 g/mol. The summed E-state index contributed by atoms with van der Waals surface area (Å²) in [4.78, 5) is 7.96. The van der Waals surface area contributed by atoms with Crippen LogP contribution in [0.3, 0.4) is 0 Å². The van der Waals surface area contributed by atoms with Crippen LogP contribution in [-0.4, -0.2) is 36.1 Å². The second kappa shape index (κ2) is 10.8. The molecule has 0 spiro atoms. The van der Waals surface area contributed by atoms with Crippen molar-refractivity contribution in [1.82, 2.24) is 10.2 Å². The summed E-state index contributed by atoms with van der Waals surface area (Å²) in [6.07, 6.45) is 0.794. The van der Waals surface area contributed by atoms with Crippen LogP contribution >= 0.6 is 46.9 Å². The molecule has 0 bridgehead atoms. The minimum absolute atomic E-state index is 0. The number of nitrogens with one attached hydrogen (secondary N) is 1. The van der Waals surface area contributed by atoms with Crippen LogP contribution in [0.2, 0.25) is 4.34 Å². The van der Waals surface area contributed by atoms with Crippen molar-refractivity contribution in [3.05, 3.63) is 51.2 Å². The zero-order chi connectivity index (χ0) is 16.7. The Balaban J connectivity index is 0.00000288. The molecule has 4 nitrogen and oxygen atoms in total. The number of aliphatic imine (C=N–C) groups is 1. The van der Waals surface area contributed by atoms with Crippen LogP contribution in [0, 0.1) is 0 Å². The molecule has 0 atom stereocenters. The summed E-state index contributed by atoms with van der Waals surface area (Å²) in [5, 5.41) is 12.8. The first-order chi connectivity index (χ1) is 11.1. The molecule has 0 unspecified atom stereocenters. The summed E-state index contributed by atoms with van der Waals surface area (Å²) < 4.78 is 0.805. The molecule has 0 radical (unpaired) electrons. The van der Waals surface area contributed by atoms with E-state index in [1.165, 1.54) is 4.88 Å². The first kappa shape index (κ1) is 21.1. The molecule has 0 saturated heterocycles. The van der Waals surface area contributed by atoms with E-state index in [9.17, 15) is 5.11 Å². The van der Waals surface area contributed by atoms with Crippen molar-refractivity contribution in [3.8, 4) is 5.75 Å². The minimum atomic E-state index is 0. The van der Waals surface area contributed by atoms with Gasteiger partial charge in [-0.25, -0.2) is 0 Å². The van der Waals surface area contributed by atoms with E-state index in [1.54, 1.807) is 23.5 Å². The number of thiophene rings is 1. The van der Waals surface area contributed by atoms with Gasteiger partial charge in [-0.2, -0.15) is 0 Å². The number of hydrogen-bond acceptors (Lipinski definition) is 3. The summed E-state index contributed by atoms with van der Waals surface area (Å²) in [6, 6.07) is 11.3. The molecule has 24 heavy (non-hydrogen) atoms. The van der Waals surface area contributed by atoms with Gasteiger partial charge in [-0.1, -0.05) is 23.7 Å². The summed E-state index contributed by atoms with van der Waals surface area (Å²) in [5.74, 6) is 1.17. The Morgan fingerprint density at radius 3 is 2.75 bits per heavy atom. The lowest BCUT2D eigenvalue weighted by Crippen LogP contribution is -2.38. The van der Waals surface area contributed by atoms with Gasteiger partial charge in [0.05, 0.1) is 10.9 Å². The molecule has 2 N–H and O–H groups in total. The van der Waals surface area contributed by atoms with Gasteiger partial charge < -0.3 is 15.3 Å². The summed E-state index contributed by atoms with van der Waals surface area (Å²) in [6.45, 7) is 4.32. The predicted molar refractivity (Wildman–Crippen MR) is 114 cm³/mol. The van der Waals surface area contributed by atoms with Crippen molar-refractivity contribution in [2.45, 2.75) is 19.9 Å². The largest absolute Gasteiger partial charge is 0.508 e. The second-order valence-corrected chi connectivity index (χ2v) is 7.02. The lowest BCUT2D eigenvalue weighted by molar-refractivity contribution is 0.474. The Hall–Kier alpha value is -0.990. The first-order valence-electron chi connectivity index (χ1n) is 7.60. The number of guanidine groups is 1. The van der Waals surface area contributed by atoms with Gasteiger partial charge in [-0.15, -0.1) is 35.3 Å². The molecule has 0 aliphatic heterocycles. The van der Waals surface area contributed by atoms with Gasteiger partial charge in [0.1, 0.15) is 5.75 Å². The van der Waals surface area contributed by atoms with E-state index in [0.717, 1.165) is 35.4 Å². The topological polar surface area (TPSA) is 47.9 Å². The molecule has 1 heterocycles. The van der Waals surface area contributed by atoms with Crippen molar-refractivity contribution in [1.29, 1.82) is 0 Å². The Labute approximate surface area is 169 Å². The zero-order valence-electron chi connectivity index (χ0n) is 13.8. The fourth-order valence-electron chi connectivity index (χ4n) is 2.22. The summed E-state index contributed by atoms with van der Waals surface area (Å²) in [7, 11) is 2.02. The summed E-state index contributed by atoms with van der Waals surface area (Å²) in [5.41, 5.74) is 1.08. The quantitative estimate of drug-likeness (QED) is 0.368. The lowest BCUT2D eigenvalue weighted by Gasteiger charge is -2.21. The van der Waals surface area contributed by atoms with Crippen molar-refractivity contribution in [2.75, 3.05) is 20.1 Å². The third kappa shape index (κ3) is 6.86. The summed E-state index contributed by atoms with van der Waals surface area (Å²) >= 11 is 7.57. The highest BCUT2D eigenvalue weighted by molar-refractivity contribution is 14.0. The van der Waals surface area contributed by atoms with Crippen LogP contribution < -0.4 is 5.32 Å². The normalized spacial score (nSPS) is 11.0. The van der Waals surface area contributed by atoms with Gasteiger partial charge in [0.25, 0.3) is 0 Å². The first-order valence-corrected chi connectivity index (χ1v) is 8.79. The number of hydrogen-bond donors (Lipinski definition) is 2. The SMILES string of the molecule is CCNC(=NCCc1cccc(O)c1)N(C)Cc1ccc(Cl)s1.I. The number of phenolic OH excluding ortho intramolecular Hbond substituents is 1. The fourth-order valence-corrected chi connectivity index (χ4v) is 3.36. The van der Waals surface area contributed by atoms with Gasteiger partial charge in [0, 0.05) is 25.0 Å². The number of rotatable bonds is 6. The van der Waals surface area contributed by atoms with Crippen LogP contribution in [-0.2, 0) is 13.0 Å². The third-order valence-electron chi connectivity index (χ3n) is 3.29. The molecule has 1 aromatic carbocycles. The molecule has 2 rings (SSSR count). The van der Waals surface area contributed by atoms with E-state index >= 15 is 0 Å². The number of halogens is 2. The van der Waals surface area contributed by atoms with Gasteiger partial charge in [-0.05, 0) is 43.2 Å². The predicted octanol–water partition coefficient (Wildman–Crippen LogP) is 4.37. The van der Waals surface area contributed by atoms with E-state index in [4.69, 9.17) is 11.6 Å². The van der Waals surface area contributed by atoms with Gasteiger partial charge in [-0.3, -0.25) is 4.99 Å². The van der Waals surface area contributed by atoms with E-state index < -0.39 is 0 Å². The van der Waals surface area contributed by atoms with Crippen molar-refractivity contribution < 1.29 is 5.11 Å². The minimum Gasteiger partial charge on any atom is -0.508 e. The molecule has 0 amide bonds. The third-order valence-corrected chi connectivity index (χ3v) is 4.51. The van der Waals surface area contributed by atoms with Gasteiger partial charge in [0.2, 0.25) is 0 Å². The maximum atomic E-state index is 9.49. The Kier molecular flexibility index (Phi) is 9.46. The van der Waals surface area contributed by atoms with Gasteiger partial charge in [0.15, 0.2) is 5.96 Å². The number of benzene rings is 1. The molecule has 0 saturated carbocycles. The molecule has 0 fully saturated rings. The van der Waals surface area contributed by atoms with Crippen molar-refractivity contribution in [2.24, 2.45) is 4.99 Å². The smallest absolute Gasteiger partial charge is 0.193 e. The average molecular weight is 480 g/mol. The maximum Gasteiger partial charge on any atom is 0.193 e. The van der Waals surface area contributed by atoms with Crippen LogP contribution in [0.5, 0.6) is 5.75 Å². The van der Waals surface area contributed by atoms with Crippen LogP contribution in [0.4, 0.5) is 0 Å². The van der Waals surface area contributed by atoms with Crippen molar-refractivity contribution in [3.63, 3.8) is 0 Å². The molecule has 2 aromatic rings. The number of aromatic hydroxyl groups is 1. The van der Waals surface area contributed by atoms with E-state index in [0.29, 0.717) is 12.3 Å². The van der Waals surface area contributed by atoms with Gasteiger partial charge >= 0.3 is 0 Å². The highest BCUT2D eigenvalue weighted by Gasteiger charge is 2.08. The molecule has 132 valence electrons. The maximum absolute atomic E-state index is 9.49. The highest BCUT2D eigenvalue weighted by Crippen LogP contribution is 2.22. The van der Waals surface area contributed by atoms with Crippen LogP contribution in [0.15, 0.2) is 41.4 Å². The Morgan fingerprint density at radius 1 is 1.33 bits per heavy atom. The van der Waals surface area contributed by atoms with Crippen molar-refractivity contribution >= 4 is 52.9 Å². The Morgan fingerprint density at radius 2 is 2.12 bits per heavy atom. The fraction of sp³-hybridized carbons (Fsp3) is 0.353. The van der Waals surface area contributed by atoms with Crippen LogP contribution in [0.1, 0.15) is 17.4 Å². The van der Waals surface area contributed by atoms with E-state index in [-0.39, 0.29) is 24.0 Å². The highest BCUT2D eigenvalue weighted by atomic mass is 127. The molecular formula is C17H23ClIN3OS. The number of phenols is 1. The second-order valence-electron chi connectivity index (χ2n) is 5.22. The Bertz CT molecular complexity index is 663. The number of nitrogens with zero attached hydrogens (tertiary/aromatic N) is 2. The standard InChI is InChI=1S/C17H22ClN3OS.HI/c1-3-19-17(21(2)12-15-7-8-16(18)23-15)20-10-9-13-5-4-6-14(22)11-13;/h4-8,11,22H,3,9-10,12H2,1-2H3,(H,19,20);1H. The molecule has 0 aliphatic carbocycles.